The zero-order valence-corrected chi connectivity index (χ0v) is 17.9. The molecule has 32 heavy (non-hydrogen) atoms. The van der Waals surface area contributed by atoms with Crippen LogP contribution in [-0.4, -0.2) is 30.5 Å². The Bertz CT molecular complexity index is 1160. The van der Waals surface area contributed by atoms with Gasteiger partial charge in [0, 0.05) is 10.6 Å². The number of amides is 2. The maximum absolute atomic E-state index is 12.2. The minimum atomic E-state index is -0.520. The molecule has 0 atom stereocenters. The van der Waals surface area contributed by atoms with Crippen LogP contribution in [0, 0.1) is 6.92 Å². The Morgan fingerprint density at radius 2 is 1.75 bits per heavy atom. The second-order valence-corrected chi connectivity index (χ2v) is 7.20. The van der Waals surface area contributed by atoms with Crippen LogP contribution in [-0.2, 0) is 4.79 Å². The second-order valence-electron chi connectivity index (χ2n) is 6.76. The van der Waals surface area contributed by atoms with E-state index in [2.05, 4.69) is 15.8 Å². The average Bonchev–Trinajstić information content (AvgIpc) is 2.78. The highest BCUT2D eigenvalue weighted by molar-refractivity contribution is 6.30. The lowest BCUT2D eigenvalue weighted by Crippen LogP contribution is -2.35. The third-order valence-corrected chi connectivity index (χ3v) is 4.60. The minimum Gasteiger partial charge on any atom is -0.423 e. The van der Waals surface area contributed by atoms with E-state index in [-0.39, 0.29) is 12.5 Å². The number of benzene rings is 3. The maximum Gasteiger partial charge on any atom is 0.343 e. The molecule has 0 aliphatic carbocycles. The normalized spacial score (nSPS) is 10.6. The number of halogens is 1. The first kappa shape index (κ1) is 22.7. The molecule has 2 amide bonds. The van der Waals surface area contributed by atoms with Gasteiger partial charge in [0.15, 0.2) is 0 Å². The number of carbonyl (C=O) groups excluding carboxylic acids is 3. The Balaban J connectivity index is 1.50. The maximum atomic E-state index is 12.2. The van der Waals surface area contributed by atoms with E-state index in [1.165, 1.54) is 6.21 Å². The Kier molecular flexibility index (Phi) is 7.72. The summed E-state index contributed by atoms with van der Waals surface area (Å²) in [5.41, 5.74) is 4.64. The summed E-state index contributed by atoms with van der Waals surface area (Å²) in [5, 5.41) is 6.94. The molecule has 7 nitrogen and oxygen atoms in total. The van der Waals surface area contributed by atoms with E-state index in [4.69, 9.17) is 16.3 Å². The van der Waals surface area contributed by atoms with Crippen LogP contribution in [0.1, 0.15) is 31.8 Å². The number of esters is 1. The van der Waals surface area contributed by atoms with Crippen molar-refractivity contribution in [2.45, 2.75) is 6.92 Å². The summed E-state index contributed by atoms with van der Waals surface area (Å²) in [4.78, 5) is 36.3. The van der Waals surface area contributed by atoms with Crippen LogP contribution in [0.15, 0.2) is 77.9 Å². The SMILES string of the molecule is Cc1ccccc1C(=O)NCC(=O)NN=Cc1cccc(OC(=O)c2ccc(Cl)cc2)c1. The van der Waals surface area contributed by atoms with E-state index in [0.717, 1.165) is 5.56 Å². The van der Waals surface area contributed by atoms with E-state index in [9.17, 15) is 14.4 Å². The summed E-state index contributed by atoms with van der Waals surface area (Å²) in [7, 11) is 0. The lowest BCUT2D eigenvalue weighted by atomic mass is 10.1. The first-order chi connectivity index (χ1) is 15.4. The molecular formula is C24H20ClN3O4. The molecule has 0 heterocycles. The third-order valence-electron chi connectivity index (χ3n) is 4.35. The van der Waals surface area contributed by atoms with E-state index in [0.29, 0.717) is 27.5 Å². The summed E-state index contributed by atoms with van der Waals surface area (Å²) in [6, 6.07) is 20.1. The molecule has 0 bridgehead atoms. The van der Waals surface area contributed by atoms with Crippen LogP contribution in [0.4, 0.5) is 0 Å². The molecule has 0 spiro atoms. The van der Waals surface area contributed by atoms with Gasteiger partial charge in [0.05, 0.1) is 18.3 Å². The molecule has 0 aliphatic heterocycles. The lowest BCUT2D eigenvalue weighted by molar-refractivity contribution is -0.120. The molecule has 0 aromatic heterocycles. The Morgan fingerprint density at radius 1 is 1.00 bits per heavy atom. The van der Waals surface area contributed by atoms with Crippen molar-refractivity contribution in [2.24, 2.45) is 5.10 Å². The van der Waals surface area contributed by atoms with Gasteiger partial charge < -0.3 is 10.1 Å². The van der Waals surface area contributed by atoms with Crippen LogP contribution in [0.3, 0.4) is 0 Å². The predicted molar refractivity (Wildman–Crippen MR) is 122 cm³/mol. The van der Waals surface area contributed by atoms with Gasteiger partial charge in [0.25, 0.3) is 11.8 Å². The van der Waals surface area contributed by atoms with Crippen molar-refractivity contribution in [2.75, 3.05) is 6.54 Å². The quantitative estimate of drug-likeness (QED) is 0.248. The number of carbonyl (C=O) groups is 3. The Morgan fingerprint density at radius 3 is 2.50 bits per heavy atom. The highest BCUT2D eigenvalue weighted by Crippen LogP contribution is 2.16. The van der Waals surface area contributed by atoms with Gasteiger partial charge in [-0.1, -0.05) is 41.9 Å². The third kappa shape index (κ3) is 6.52. The molecule has 0 aliphatic rings. The first-order valence-electron chi connectivity index (χ1n) is 9.66. The highest BCUT2D eigenvalue weighted by Gasteiger charge is 2.10. The molecule has 162 valence electrons. The number of nitrogens with one attached hydrogen (secondary N) is 2. The molecule has 0 radical (unpaired) electrons. The van der Waals surface area contributed by atoms with Gasteiger partial charge in [-0.3, -0.25) is 9.59 Å². The van der Waals surface area contributed by atoms with Gasteiger partial charge in [-0.05, 0) is 60.5 Å². The standard InChI is InChI=1S/C24H20ClN3O4/c1-16-5-2-3-8-21(16)23(30)26-15-22(29)28-27-14-17-6-4-7-20(13-17)32-24(31)18-9-11-19(25)12-10-18/h2-14H,15H2,1H3,(H,26,30)(H,28,29). The van der Waals surface area contributed by atoms with Crippen molar-refractivity contribution in [1.29, 1.82) is 0 Å². The largest absolute Gasteiger partial charge is 0.423 e. The molecule has 0 saturated heterocycles. The molecule has 3 aromatic carbocycles. The molecule has 2 N–H and O–H groups in total. The molecule has 0 fully saturated rings. The molecule has 0 saturated carbocycles. The van der Waals surface area contributed by atoms with Crippen molar-refractivity contribution in [3.05, 3.63) is 100 Å². The second kappa shape index (κ2) is 10.9. The van der Waals surface area contributed by atoms with E-state index < -0.39 is 11.9 Å². The summed E-state index contributed by atoms with van der Waals surface area (Å²) in [6.45, 7) is 1.60. The number of hydrazone groups is 1. The van der Waals surface area contributed by atoms with Gasteiger partial charge in [-0.15, -0.1) is 0 Å². The Labute approximate surface area is 190 Å². The van der Waals surface area contributed by atoms with E-state index in [1.54, 1.807) is 60.7 Å². The smallest absolute Gasteiger partial charge is 0.343 e. The first-order valence-corrected chi connectivity index (χ1v) is 10.0. The zero-order chi connectivity index (χ0) is 22.9. The van der Waals surface area contributed by atoms with Crippen molar-refractivity contribution in [1.82, 2.24) is 10.7 Å². The van der Waals surface area contributed by atoms with Crippen LogP contribution in [0.5, 0.6) is 5.75 Å². The van der Waals surface area contributed by atoms with Crippen LogP contribution < -0.4 is 15.5 Å². The predicted octanol–water partition coefficient (Wildman–Crippen LogP) is 3.75. The summed E-state index contributed by atoms with van der Waals surface area (Å²) >= 11 is 5.82. The molecule has 0 unspecified atom stereocenters. The molecule has 3 rings (SSSR count). The molecule has 8 heteroatoms. The van der Waals surface area contributed by atoms with Crippen molar-refractivity contribution >= 4 is 35.6 Å². The fourth-order valence-electron chi connectivity index (χ4n) is 2.71. The number of rotatable bonds is 7. The van der Waals surface area contributed by atoms with Gasteiger partial charge in [-0.25, -0.2) is 10.2 Å². The monoisotopic (exact) mass is 449 g/mol. The number of ether oxygens (including phenoxy) is 1. The fourth-order valence-corrected chi connectivity index (χ4v) is 2.84. The Hall–Kier alpha value is -3.97. The van der Waals surface area contributed by atoms with E-state index >= 15 is 0 Å². The van der Waals surface area contributed by atoms with Crippen LogP contribution in [0.25, 0.3) is 0 Å². The number of hydrogen-bond donors (Lipinski definition) is 2. The molecule has 3 aromatic rings. The van der Waals surface area contributed by atoms with E-state index in [1.807, 2.05) is 19.1 Å². The summed E-state index contributed by atoms with van der Waals surface area (Å²) in [6.07, 6.45) is 1.40. The highest BCUT2D eigenvalue weighted by atomic mass is 35.5. The lowest BCUT2D eigenvalue weighted by Gasteiger charge is -2.06. The summed E-state index contributed by atoms with van der Waals surface area (Å²) < 4.78 is 5.35. The van der Waals surface area contributed by atoms with Crippen molar-refractivity contribution in [3.63, 3.8) is 0 Å². The van der Waals surface area contributed by atoms with Gasteiger partial charge in [-0.2, -0.15) is 5.10 Å². The fraction of sp³-hybridized carbons (Fsp3) is 0.0833. The van der Waals surface area contributed by atoms with Gasteiger partial charge >= 0.3 is 5.97 Å². The minimum absolute atomic E-state index is 0.219. The van der Waals surface area contributed by atoms with Crippen molar-refractivity contribution < 1.29 is 19.1 Å². The van der Waals surface area contributed by atoms with Crippen LogP contribution >= 0.6 is 11.6 Å². The summed E-state index contributed by atoms with van der Waals surface area (Å²) in [5.74, 6) is -1.01. The topological polar surface area (TPSA) is 96.9 Å². The number of aryl methyl sites for hydroxylation is 1. The zero-order valence-electron chi connectivity index (χ0n) is 17.2. The van der Waals surface area contributed by atoms with Crippen LogP contribution in [0.2, 0.25) is 5.02 Å². The average molecular weight is 450 g/mol. The number of nitrogens with zero attached hydrogens (tertiary/aromatic N) is 1. The van der Waals surface area contributed by atoms with Gasteiger partial charge in [0.1, 0.15) is 5.75 Å². The van der Waals surface area contributed by atoms with Gasteiger partial charge in [0.2, 0.25) is 0 Å². The molecular weight excluding hydrogens is 430 g/mol. The number of hydrogen-bond acceptors (Lipinski definition) is 5. The van der Waals surface area contributed by atoms with Crippen molar-refractivity contribution in [3.8, 4) is 5.75 Å².